The Morgan fingerprint density at radius 1 is 1.17 bits per heavy atom. The second-order valence-corrected chi connectivity index (χ2v) is 3.98. The third-order valence-corrected chi connectivity index (χ3v) is 2.61. The zero-order valence-electron chi connectivity index (χ0n) is 10.8. The van der Waals surface area contributed by atoms with E-state index in [0.29, 0.717) is 6.54 Å². The normalized spacial score (nSPS) is 10.2. The molecule has 0 unspecified atom stereocenters. The fraction of sp³-hybridized carbons (Fsp3) is 0.308. The molecule has 0 aliphatic heterocycles. The molecule has 2 rings (SSSR count). The van der Waals surface area contributed by atoms with Gasteiger partial charge in [0.2, 0.25) is 0 Å². The second-order valence-electron chi connectivity index (χ2n) is 3.98. The van der Waals surface area contributed by atoms with E-state index in [9.17, 15) is 0 Å². The Kier molecular flexibility index (Phi) is 3.72. The van der Waals surface area contributed by atoms with Crippen LogP contribution in [0.1, 0.15) is 5.56 Å². The lowest BCUT2D eigenvalue weighted by Gasteiger charge is -2.09. The average Bonchev–Trinajstić information content (AvgIpc) is 2.81. The van der Waals surface area contributed by atoms with Crippen molar-refractivity contribution in [1.29, 1.82) is 0 Å². The molecule has 0 amide bonds. The molecule has 96 valence electrons. The molecule has 5 heteroatoms. The van der Waals surface area contributed by atoms with Gasteiger partial charge in [0.05, 0.1) is 26.1 Å². The van der Waals surface area contributed by atoms with Crippen molar-refractivity contribution in [2.75, 3.05) is 19.5 Å². The van der Waals surface area contributed by atoms with Gasteiger partial charge in [-0.1, -0.05) is 0 Å². The number of anilines is 1. The van der Waals surface area contributed by atoms with Gasteiger partial charge in [0.15, 0.2) is 0 Å². The summed E-state index contributed by atoms with van der Waals surface area (Å²) in [7, 11) is 5.18. The monoisotopic (exact) mass is 247 g/mol. The molecule has 0 bridgehead atoms. The highest BCUT2D eigenvalue weighted by Crippen LogP contribution is 2.23. The molecule has 1 N–H and O–H groups in total. The fourth-order valence-electron chi connectivity index (χ4n) is 1.69. The summed E-state index contributed by atoms with van der Waals surface area (Å²) in [5.41, 5.74) is 2.08. The molecule has 0 aliphatic carbocycles. The Labute approximate surface area is 106 Å². The number of hydrogen-bond acceptors (Lipinski definition) is 4. The lowest BCUT2D eigenvalue weighted by Crippen LogP contribution is -1.99. The van der Waals surface area contributed by atoms with Crippen molar-refractivity contribution in [3.8, 4) is 11.5 Å². The van der Waals surface area contributed by atoms with E-state index in [4.69, 9.17) is 9.47 Å². The van der Waals surface area contributed by atoms with Crippen LogP contribution in [-0.2, 0) is 13.6 Å². The van der Waals surface area contributed by atoms with Gasteiger partial charge in [-0.3, -0.25) is 4.68 Å². The summed E-state index contributed by atoms with van der Waals surface area (Å²) < 4.78 is 12.2. The molecule has 1 aromatic heterocycles. The van der Waals surface area contributed by atoms with E-state index in [2.05, 4.69) is 10.4 Å². The van der Waals surface area contributed by atoms with Crippen LogP contribution in [0.4, 0.5) is 5.69 Å². The lowest BCUT2D eigenvalue weighted by molar-refractivity contribution is 0.393. The molecule has 0 radical (unpaired) electrons. The minimum Gasteiger partial charge on any atom is -0.497 e. The van der Waals surface area contributed by atoms with Crippen LogP contribution in [0.15, 0.2) is 30.6 Å². The number of hydrogen-bond donors (Lipinski definition) is 1. The van der Waals surface area contributed by atoms with Crippen molar-refractivity contribution in [1.82, 2.24) is 9.78 Å². The van der Waals surface area contributed by atoms with Crippen molar-refractivity contribution in [2.45, 2.75) is 6.54 Å². The van der Waals surface area contributed by atoms with E-state index >= 15 is 0 Å². The first-order valence-electron chi connectivity index (χ1n) is 5.65. The average molecular weight is 247 g/mol. The second kappa shape index (κ2) is 5.44. The standard InChI is InChI=1S/C13H17N3O2/c1-16-9-11(8-15-16)14-7-10-4-12(17-2)6-13(5-10)18-3/h4-6,8-9,14H,7H2,1-3H3. The third-order valence-electron chi connectivity index (χ3n) is 2.61. The highest BCUT2D eigenvalue weighted by molar-refractivity contribution is 5.43. The van der Waals surface area contributed by atoms with Gasteiger partial charge in [-0.15, -0.1) is 0 Å². The van der Waals surface area contributed by atoms with Crippen LogP contribution < -0.4 is 14.8 Å². The molecular formula is C13H17N3O2. The van der Waals surface area contributed by atoms with Gasteiger partial charge in [0.25, 0.3) is 0 Å². The molecule has 18 heavy (non-hydrogen) atoms. The van der Waals surface area contributed by atoms with Gasteiger partial charge in [-0.2, -0.15) is 5.10 Å². The van der Waals surface area contributed by atoms with Crippen LogP contribution in [0.3, 0.4) is 0 Å². The van der Waals surface area contributed by atoms with E-state index in [1.165, 1.54) is 0 Å². The van der Waals surface area contributed by atoms with Crippen LogP contribution >= 0.6 is 0 Å². The Morgan fingerprint density at radius 2 is 1.83 bits per heavy atom. The number of ether oxygens (including phenoxy) is 2. The number of aryl methyl sites for hydroxylation is 1. The molecule has 0 spiro atoms. The van der Waals surface area contributed by atoms with Crippen LogP contribution in [-0.4, -0.2) is 24.0 Å². The molecule has 0 saturated carbocycles. The summed E-state index contributed by atoms with van der Waals surface area (Å²) in [5, 5.41) is 7.39. The predicted molar refractivity (Wildman–Crippen MR) is 70.1 cm³/mol. The molecular weight excluding hydrogens is 230 g/mol. The van der Waals surface area contributed by atoms with Crippen molar-refractivity contribution in [3.05, 3.63) is 36.2 Å². The van der Waals surface area contributed by atoms with Crippen molar-refractivity contribution < 1.29 is 9.47 Å². The predicted octanol–water partition coefficient (Wildman–Crippen LogP) is 2.05. The maximum absolute atomic E-state index is 5.23. The van der Waals surface area contributed by atoms with E-state index in [-0.39, 0.29) is 0 Å². The Bertz CT molecular complexity index is 500. The quantitative estimate of drug-likeness (QED) is 0.878. The number of rotatable bonds is 5. The van der Waals surface area contributed by atoms with Gasteiger partial charge in [-0.25, -0.2) is 0 Å². The van der Waals surface area contributed by atoms with Gasteiger partial charge < -0.3 is 14.8 Å². The van der Waals surface area contributed by atoms with E-state index in [1.807, 2.05) is 31.4 Å². The summed E-state index contributed by atoms with van der Waals surface area (Å²) in [6.45, 7) is 0.694. The molecule has 0 aliphatic rings. The number of benzene rings is 1. The Hall–Kier alpha value is -2.17. The van der Waals surface area contributed by atoms with Crippen molar-refractivity contribution >= 4 is 5.69 Å². The molecule has 1 aromatic carbocycles. The minimum atomic E-state index is 0.694. The maximum atomic E-state index is 5.23. The summed E-state index contributed by atoms with van der Waals surface area (Å²) >= 11 is 0. The topological polar surface area (TPSA) is 48.3 Å². The Morgan fingerprint density at radius 3 is 2.33 bits per heavy atom. The fourth-order valence-corrected chi connectivity index (χ4v) is 1.69. The van der Waals surface area contributed by atoms with Gasteiger partial charge >= 0.3 is 0 Å². The summed E-state index contributed by atoms with van der Waals surface area (Å²) in [4.78, 5) is 0. The zero-order chi connectivity index (χ0) is 13.0. The van der Waals surface area contributed by atoms with Gasteiger partial charge in [0.1, 0.15) is 11.5 Å². The molecule has 2 aromatic rings. The molecule has 5 nitrogen and oxygen atoms in total. The van der Waals surface area contributed by atoms with Crippen molar-refractivity contribution in [3.63, 3.8) is 0 Å². The first-order valence-corrected chi connectivity index (χ1v) is 5.65. The van der Waals surface area contributed by atoms with Crippen molar-refractivity contribution in [2.24, 2.45) is 7.05 Å². The van der Waals surface area contributed by atoms with Gasteiger partial charge in [-0.05, 0) is 17.7 Å². The lowest BCUT2D eigenvalue weighted by atomic mass is 10.2. The third kappa shape index (κ3) is 2.94. The van der Waals surface area contributed by atoms with E-state index < -0.39 is 0 Å². The zero-order valence-corrected chi connectivity index (χ0v) is 10.8. The molecule has 1 heterocycles. The van der Waals surface area contributed by atoms with Crippen LogP contribution in [0.25, 0.3) is 0 Å². The number of methoxy groups -OCH3 is 2. The highest BCUT2D eigenvalue weighted by atomic mass is 16.5. The molecule has 0 atom stereocenters. The minimum absolute atomic E-state index is 0.694. The van der Waals surface area contributed by atoms with Gasteiger partial charge in [0, 0.05) is 25.9 Å². The number of nitrogens with zero attached hydrogens (tertiary/aromatic N) is 2. The Balaban J connectivity index is 2.08. The van der Waals surface area contributed by atoms with Crippen LogP contribution in [0, 0.1) is 0 Å². The number of aromatic nitrogens is 2. The summed E-state index contributed by atoms with van der Waals surface area (Å²) in [6.07, 6.45) is 3.72. The molecule has 0 saturated heterocycles. The molecule has 0 fully saturated rings. The highest BCUT2D eigenvalue weighted by Gasteiger charge is 2.02. The van der Waals surface area contributed by atoms with E-state index in [1.54, 1.807) is 25.1 Å². The number of nitrogens with one attached hydrogen (secondary N) is 1. The maximum Gasteiger partial charge on any atom is 0.122 e. The van der Waals surface area contributed by atoms with Crippen LogP contribution in [0.2, 0.25) is 0 Å². The first-order chi connectivity index (χ1) is 8.71. The smallest absolute Gasteiger partial charge is 0.122 e. The van der Waals surface area contributed by atoms with E-state index in [0.717, 1.165) is 22.7 Å². The SMILES string of the molecule is COc1cc(CNc2cnn(C)c2)cc(OC)c1. The first kappa shape index (κ1) is 12.3. The summed E-state index contributed by atoms with van der Waals surface area (Å²) in [6, 6.07) is 5.81. The van der Waals surface area contributed by atoms with Crippen LogP contribution in [0.5, 0.6) is 11.5 Å². The largest absolute Gasteiger partial charge is 0.497 e. The summed E-state index contributed by atoms with van der Waals surface area (Å²) in [5.74, 6) is 1.58.